The van der Waals surface area contributed by atoms with Gasteiger partial charge in [-0.3, -0.25) is 0 Å². The van der Waals surface area contributed by atoms with Gasteiger partial charge >= 0.3 is 5.97 Å². The SMILES string of the molecule is O=C(O)c1csc(N2CC3CC3C2)n1. The molecular formula is C9H10N2O2S. The first kappa shape index (κ1) is 8.23. The first-order valence-electron chi connectivity index (χ1n) is 4.68. The number of carboxylic acid groups (broad SMARTS) is 1. The van der Waals surface area contributed by atoms with Crippen molar-refractivity contribution in [3.05, 3.63) is 11.1 Å². The molecule has 14 heavy (non-hydrogen) atoms. The summed E-state index contributed by atoms with van der Waals surface area (Å²) >= 11 is 1.43. The first-order valence-corrected chi connectivity index (χ1v) is 5.56. The van der Waals surface area contributed by atoms with Gasteiger partial charge in [-0.15, -0.1) is 11.3 Å². The molecule has 2 heterocycles. The van der Waals surface area contributed by atoms with E-state index in [2.05, 4.69) is 9.88 Å². The number of aromatic nitrogens is 1. The summed E-state index contributed by atoms with van der Waals surface area (Å²) in [6.07, 6.45) is 1.35. The molecule has 1 aromatic heterocycles. The van der Waals surface area contributed by atoms with E-state index in [1.54, 1.807) is 5.38 Å². The maximum Gasteiger partial charge on any atom is 0.355 e. The summed E-state index contributed by atoms with van der Waals surface area (Å²) in [5.74, 6) is 0.774. The van der Waals surface area contributed by atoms with Crippen LogP contribution in [0.5, 0.6) is 0 Å². The molecule has 2 fully saturated rings. The lowest BCUT2D eigenvalue weighted by atomic mass is 10.4. The molecule has 3 rings (SSSR count). The molecule has 1 saturated carbocycles. The fourth-order valence-electron chi connectivity index (χ4n) is 2.06. The lowest BCUT2D eigenvalue weighted by Crippen LogP contribution is -2.21. The number of anilines is 1. The molecule has 1 aliphatic heterocycles. The Labute approximate surface area is 85.2 Å². The lowest BCUT2D eigenvalue weighted by Gasteiger charge is -2.15. The highest BCUT2D eigenvalue weighted by Gasteiger charge is 2.45. The largest absolute Gasteiger partial charge is 0.476 e. The number of rotatable bonds is 2. The van der Waals surface area contributed by atoms with Crippen LogP contribution < -0.4 is 4.90 Å². The quantitative estimate of drug-likeness (QED) is 0.799. The highest BCUT2D eigenvalue weighted by Crippen LogP contribution is 2.46. The Hall–Kier alpha value is -1.10. The van der Waals surface area contributed by atoms with Crippen LogP contribution >= 0.6 is 11.3 Å². The van der Waals surface area contributed by atoms with Gasteiger partial charge in [-0.25, -0.2) is 9.78 Å². The van der Waals surface area contributed by atoms with Gasteiger partial charge in [0.05, 0.1) is 0 Å². The second-order valence-corrected chi connectivity index (χ2v) is 4.82. The van der Waals surface area contributed by atoms with Gasteiger partial charge in [0.1, 0.15) is 0 Å². The summed E-state index contributed by atoms with van der Waals surface area (Å²) in [5.41, 5.74) is 0.172. The predicted octanol–water partition coefficient (Wildman–Crippen LogP) is 1.30. The number of fused-ring (bicyclic) bond motifs is 1. The average molecular weight is 210 g/mol. The minimum Gasteiger partial charge on any atom is -0.476 e. The highest BCUT2D eigenvalue weighted by atomic mass is 32.1. The van der Waals surface area contributed by atoms with Crippen LogP contribution in [-0.4, -0.2) is 29.1 Å². The van der Waals surface area contributed by atoms with Crippen LogP contribution in [0.25, 0.3) is 0 Å². The maximum absolute atomic E-state index is 10.6. The molecule has 0 bridgehead atoms. The standard InChI is InChI=1S/C9H10N2O2S/c12-8(13)7-4-14-9(10-7)11-2-5-1-6(5)3-11/h4-6H,1-3H2,(H,12,13). The summed E-state index contributed by atoms with van der Waals surface area (Å²) < 4.78 is 0. The van der Waals surface area contributed by atoms with Crippen molar-refractivity contribution in [1.82, 2.24) is 4.98 Å². The number of piperidine rings is 1. The van der Waals surface area contributed by atoms with Crippen molar-refractivity contribution in [3.63, 3.8) is 0 Å². The van der Waals surface area contributed by atoms with Crippen molar-refractivity contribution in [2.45, 2.75) is 6.42 Å². The fraction of sp³-hybridized carbons (Fsp3) is 0.556. The van der Waals surface area contributed by atoms with E-state index in [1.165, 1.54) is 17.8 Å². The van der Waals surface area contributed by atoms with Gasteiger partial charge in [0.2, 0.25) is 0 Å². The molecule has 4 nitrogen and oxygen atoms in total. The van der Waals surface area contributed by atoms with E-state index >= 15 is 0 Å². The number of hydrogen-bond donors (Lipinski definition) is 1. The fourth-order valence-corrected chi connectivity index (χ4v) is 2.88. The van der Waals surface area contributed by atoms with Gasteiger partial charge in [-0.05, 0) is 18.3 Å². The van der Waals surface area contributed by atoms with Gasteiger partial charge in [0, 0.05) is 18.5 Å². The minimum atomic E-state index is -0.933. The molecule has 2 unspecified atom stereocenters. The number of nitrogens with zero attached hydrogens (tertiary/aromatic N) is 2. The van der Waals surface area contributed by atoms with Crippen molar-refractivity contribution < 1.29 is 9.90 Å². The molecule has 1 N–H and O–H groups in total. The average Bonchev–Trinajstić information content (AvgIpc) is 2.69. The minimum absolute atomic E-state index is 0.172. The van der Waals surface area contributed by atoms with Crippen molar-refractivity contribution in [1.29, 1.82) is 0 Å². The molecule has 0 radical (unpaired) electrons. The Kier molecular flexibility index (Phi) is 1.58. The van der Waals surface area contributed by atoms with E-state index in [-0.39, 0.29) is 5.69 Å². The summed E-state index contributed by atoms with van der Waals surface area (Å²) in [7, 11) is 0. The Morgan fingerprint density at radius 3 is 2.86 bits per heavy atom. The van der Waals surface area contributed by atoms with E-state index < -0.39 is 5.97 Å². The third-order valence-electron chi connectivity index (χ3n) is 2.96. The van der Waals surface area contributed by atoms with Crippen molar-refractivity contribution in [2.24, 2.45) is 11.8 Å². The van der Waals surface area contributed by atoms with Gasteiger partial charge < -0.3 is 10.0 Å². The molecule has 1 aromatic rings. The number of aromatic carboxylic acids is 1. The Bertz CT molecular complexity index is 380. The van der Waals surface area contributed by atoms with Crippen LogP contribution in [0, 0.1) is 11.8 Å². The van der Waals surface area contributed by atoms with Crippen LogP contribution in [-0.2, 0) is 0 Å². The second-order valence-electron chi connectivity index (χ2n) is 3.98. The molecular weight excluding hydrogens is 200 g/mol. The predicted molar refractivity (Wildman–Crippen MR) is 52.9 cm³/mol. The number of carboxylic acids is 1. The van der Waals surface area contributed by atoms with Crippen LogP contribution in [0.1, 0.15) is 16.9 Å². The normalized spacial score (nSPS) is 29.0. The van der Waals surface area contributed by atoms with Crippen LogP contribution in [0.2, 0.25) is 0 Å². The van der Waals surface area contributed by atoms with Gasteiger partial charge in [-0.2, -0.15) is 0 Å². The topological polar surface area (TPSA) is 53.4 Å². The third-order valence-corrected chi connectivity index (χ3v) is 3.86. The van der Waals surface area contributed by atoms with Gasteiger partial charge in [-0.1, -0.05) is 0 Å². The van der Waals surface area contributed by atoms with E-state index in [0.29, 0.717) is 0 Å². The molecule has 74 valence electrons. The number of carbonyl (C=O) groups is 1. The smallest absolute Gasteiger partial charge is 0.355 e. The molecule has 1 aliphatic carbocycles. The van der Waals surface area contributed by atoms with E-state index in [9.17, 15) is 4.79 Å². The summed E-state index contributed by atoms with van der Waals surface area (Å²) in [4.78, 5) is 16.9. The number of thiazole rings is 1. The summed E-state index contributed by atoms with van der Waals surface area (Å²) in [5, 5.41) is 11.2. The molecule has 0 amide bonds. The molecule has 1 saturated heterocycles. The van der Waals surface area contributed by atoms with Crippen molar-refractivity contribution in [2.75, 3.05) is 18.0 Å². The van der Waals surface area contributed by atoms with Gasteiger partial charge in [0.25, 0.3) is 0 Å². The van der Waals surface area contributed by atoms with E-state index in [0.717, 1.165) is 30.1 Å². The summed E-state index contributed by atoms with van der Waals surface area (Å²) in [6, 6.07) is 0. The Morgan fingerprint density at radius 1 is 1.57 bits per heavy atom. The zero-order valence-electron chi connectivity index (χ0n) is 7.51. The molecule has 0 spiro atoms. The van der Waals surface area contributed by atoms with Crippen LogP contribution in [0.3, 0.4) is 0 Å². The molecule has 2 aliphatic rings. The number of hydrogen-bond acceptors (Lipinski definition) is 4. The monoisotopic (exact) mass is 210 g/mol. The summed E-state index contributed by atoms with van der Waals surface area (Å²) in [6.45, 7) is 2.13. The third kappa shape index (κ3) is 1.19. The first-order chi connectivity index (χ1) is 6.74. The van der Waals surface area contributed by atoms with E-state index in [4.69, 9.17) is 5.11 Å². The molecule has 0 aromatic carbocycles. The van der Waals surface area contributed by atoms with Crippen molar-refractivity contribution >= 4 is 22.4 Å². The van der Waals surface area contributed by atoms with Crippen molar-refractivity contribution in [3.8, 4) is 0 Å². The van der Waals surface area contributed by atoms with E-state index in [1.807, 2.05) is 0 Å². The molecule has 2 atom stereocenters. The zero-order chi connectivity index (χ0) is 9.71. The van der Waals surface area contributed by atoms with Crippen LogP contribution in [0.4, 0.5) is 5.13 Å². The second kappa shape index (κ2) is 2.70. The maximum atomic E-state index is 10.6. The van der Waals surface area contributed by atoms with Crippen LogP contribution in [0.15, 0.2) is 5.38 Å². The zero-order valence-corrected chi connectivity index (χ0v) is 8.33. The van der Waals surface area contributed by atoms with Gasteiger partial charge in [0.15, 0.2) is 10.8 Å². The Morgan fingerprint density at radius 2 is 2.29 bits per heavy atom. The lowest BCUT2D eigenvalue weighted by molar-refractivity contribution is 0.0691. The molecule has 5 heteroatoms. The Balaban J connectivity index is 1.79. The highest BCUT2D eigenvalue weighted by molar-refractivity contribution is 7.13.